The van der Waals surface area contributed by atoms with Crippen molar-refractivity contribution in [1.82, 2.24) is 29.9 Å². The summed E-state index contributed by atoms with van der Waals surface area (Å²) in [5.41, 5.74) is 11.5. The van der Waals surface area contributed by atoms with Gasteiger partial charge < -0.3 is 19.1 Å². The number of nitrogens with zero attached hydrogens (tertiary/aromatic N) is 8. The van der Waals surface area contributed by atoms with Crippen LogP contribution in [-0.2, 0) is 16.1 Å². The van der Waals surface area contributed by atoms with Crippen molar-refractivity contribution in [3.05, 3.63) is 143 Å². The van der Waals surface area contributed by atoms with Crippen molar-refractivity contribution in [2.75, 3.05) is 27.4 Å². The van der Waals surface area contributed by atoms with E-state index in [9.17, 15) is 0 Å². The second kappa shape index (κ2) is 21.3. The SMILES string of the molecule is COc1cc(C)nc(-c2cccc(C#CCO/N=C(\C)c3cccc(C)n3)n2)c1.COc1cc(C)nc(-c2cccc(CCCO/N=C(\C)c3cccc(C)n3)n2)c1. The standard InChI is InChI=1S/C23H26N4O2.C23H22N4O2/c2*1-16-8-5-11-21(24-16)18(3)27-29-13-7-10-19-9-6-12-22(26-19)23-15-20(28-4)14-17(2)25-23/h5-6,8-9,11-12,14-15H,7,10,13H2,1-4H3;5-6,8-9,11-12,14-15H,13H2,1-4H3/b2*27-18+. The number of pyridine rings is 6. The molecule has 0 radical (unpaired) electrons. The van der Waals surface area contributed by atoms with Gasteiger partial charge >= 0.3 is 0 Å². The van der Waals surface area contributed by atoms with Gasteiger partial charge in [0.15, 0.2) is 6.61 Å². The molecular weight excluding hydrogens is 729 g/mol. The average Bonchev–Trinajstić information content (AvgIpc) is 3.23. The quantitative estimate of drug-likeness (QED) is 0.0486. The summed E-state index contributed by atoms with van der Waals surface area (Å²) in [5, 5.41) is 8.24. The lowest BCUT2D eigenvalue weighted by molar-refractivity contribution is 0.141. The summed E-state index contributed by atoms with van der Waals surface area (Å²) in [7, 11) is 3.29. The topological polar surface area (TPSA) is 139 Å². The fourth-order valence-corrected chi connectivity index (χ4v) is 5.51. The van der Waals surface area contributed by atoms with Gasteiger partial charge in [0.05, 0.1) is 48.4 Å². The number of aromatic nitrogens is 6. The summed E-state index contributed by atoms with van der Waals surface area (Å²) in [6, 6.07) is 30.8. The number of hydrogen-bond donors (Lipinski definition) is 0. The number of hydrogen-bond acceptors (Lipinski definition) is 12. The Labute approximate surface area is 340 Å². The first kappa shape index (κ1) is 42.1. The molecule has 6 aromatic rings. The number of methoxy groups -OCH3 is 2. The van der Waals surface area contributed by atoms with Gasteiger partial charge in [-0.15, -0.1) is 0 Å². The smallest absolute Gasteiger partial charge is 0.177 e. The van der Waals surface area contributed by atoms with Crippen molar-refractivity contribution in [3.8, 4) is 46.1 Å². The minimum Gasteiger partial charge on any atom is -0.497 e. The number of ether oxygens (including phenoxy) is 2. The first-order chi connectivity index (χ1) is 28.1. The molecule has 6 rings (SSSR count). The molecule has 0 aromatic carbocycles. The average molecular weight is 777 g/mol. The van der Waals surface area contributed by atoms with Gasteiger partial charge in [-0.1, -0.05) is 40.5 Å². The summed E-state index contributed by atoms with van der Waals surface area (Å²) in [5.74, 6) is 7.44. The van der Waals surface area contributed by atoms with Crippen molar-refractivity contribution >= 4 is 11.4 Å². The van der Waals surface area contributed by atoms with Crippen LogP contribution >= 0.6 is 0 Å². The fourth-order valence-electron chi connectivity index (χ4n) is 5.51. The summed E-state index contributed by atoms with van der Waals surface area (Å²) in [6.45, 7) is 12.2. The van der Waals surface area contributed by atoms with Crippen LogP contribution in [0.4, 0.5) is 0 Å². The summed E-state index contributed by atoms with van der Waals surface area (Å²) >= 11 is 0. The van der Waals surface area contributed by atoms with E-state index in [0.717, 1.165) is 92.7 Å². The van der Waals surface area contributed by atoms with Gasteiger partial charge in [0.1, 0.15) is 35.2 Å². The van der Waals surface area contributed by atoms with E-state index < -0.39 is 0 Å². The molecular formula is C46H48N8O4. The van der Waals surface area contributed by atoms with Crippen LogP contribution in [0.1, 0.15) is 65.8 Å². The van der Waals surface area contributed by atoms with Crippen molar-refractivity contribution in [2.45, 2.75) is 54.4 Å². The third-order valence-electron chi connectivity index (χ3n) is 8.35. The maximum Gasteiger partial charge on any atom is 0.177 e. The van der Waals surface area contributed by atoms with Gasteiger partial charge in [0, 0.05) is 52.7 Å². The second-order valence-corrected chi connectivity index (χ2v) is 13.2. The third kappa shape index (κ3) is 13.1. The van der Waals surface area contributed by atoms with Gasteiger partial charge in [0.25, 0.3) is 0 Å². The molecule has 0 unspecified atom stereocenters. The minimum absolute atomic E-state index is 0.158. The van der Waals surface area contributed by atoms with E-state index in [4.69, 9.17) is 24.1 Å². The molecule has 0 saturated carbocycles. The highest BCUT2D eigenvalue weighted by Gasteiger charge is 2.08. The molecule has 0 N–H and O–H groups in total. The van der Waals surface area contributed by atoms with E-state index in [-0.39, 0.29) is 6.61 Å². The van der Waals surface area contributed by atoms with E-state index in [1.807, 2.05) is 139 Å². The van der Waals surface area contributed by atoms with Crippen molar-refractivity contribution in [2.24, 2.45) is 10.3 Å². The predicted octanol–water partition coefficient (Wildman–Crippen LogP) is 8.49. The van der Waals surface area contributed by atoms with E-state index in [1.54, 1.807) is 14.2 Å². The van der Waals surface area contributed by atoms with E-state index in [1.165, 1.54) is 0 Å². The van der Waals surface area contributed by atoms with Crippen LogP contribution in [0.2, 0.25) is 0 Å². The second-order valence-electron chi connectivity index (χ2n) is 13.2. The zero-order valence-electron chi connectivity index (χ0n) is 34.3. The van der Waals surface area contributed by atoms with Crippen LogP contribution in [0.25, 0.3) is 22.8 Å². The number of aryl methyl sites for hydroxylation is 5. The fraction of sp³-hybridized carbons (Fsp3) is 0.261. The first-order valence-corrected chi connectivity index (χ1v) is 18.8. The predicted molar refractivity (Wildman–Crippen MR) is 227 cm³/mol. The Hall–Kier alpha value is -7.00. The molecule has 0 aliphatic rings. The Morgan fingerprint density at radius 2 is 1.09 bits per heavy atom. The van der Waals surface area contributed by atoms with Crippen LogP contribution in [0, 0.1) is 39.5 Å². The van der Waals surface area contributed by atoms with Gasteiger partial charge in [-0.25, -0.2) is 4.98 Å². The summed E-state index contributed by atoms with van der Waals surface area (Å²) < 4.78 is 10.6. The highest BCUT2D eigenvalue weighted by molar-refractivity contribution is 5.97. The molecule has 58 heavy (non-hydrogen) atoms. The Morgan fingerprint density at radius 1 is 0.552 bits per heavy atom. The van der Waals surface area contributed by atoms with Gasteiger partial charge in [-0.2, -0.15) is 0 Å². The van der Waals surface area contributed by atoms with Crippen LogP contribution in [0.3, 0.4) is 0 Å². The van der Waals surface area contributed by atoms with Gasteiger partial charge in [-0.05, 0) is 109 Å². The van der Waals surface area contributed by atoms with Crippen molar-refractivity contribution in [1.29, 1.82) is 0 Å². The van der Waals surface area contributed by atoms with Gasteiger partial charge in [0.2, 0.25) is 0 Å². The molecule has 6 heterocycles. The Kier molecular flexibility index (Phi) is 15.5. The molecule has 12 heteroatoms. The monoisotopic (exact) mass is 776 g/mol. The van der Waals surface area contributed by atoms with E-state index in [2.05, 4.69) is 47.1 Å². The van der Waals surface area contributed by atoms with Crippen molar-refractivity contribution < 1.29 is 19.1 Å². The highest BCUT2D eigenvalue weighted by atomic mass is 16.6. The Bertz CT molecular complexity index is 2440. The molecule has 0 aliphatic carbocycles. The number of rotatable bonds is 13. The summed E-state index contributed by atoms with van der Waals surface area (Å²) in [4.78, 5) is 38.0. The lowest BCUT2D eigenvalue weighted by Gasteiger charge is -2.07. The third-order valence-corrected chi connectivity index (χ3v) is 8.35. The molecule has 0 bridgehead atoms. The minimum atomic E-state index is 0.158. The highest BCUT2D eigenvalue weighted by Crippen LogP contribution is 2.23. The lowest BCUT2D eigenvalue weighted by Crippen LogP contribution is -2.02. The van der Waals surface area contributed by atoms with Crippen molar-refractivity contribution in [3.63, 3.8) is 0 Å². The van der Waals surface area contributed by atoms with Crippen LogP contribution in [-0.4, -0.2) is 68.8 Å². The maximum absolute atomic E-state index is 5.46. The van der Waals surface area contributed by atoms with Gasteiger partial charge in [-0.3, -0.25) is 24.9 Å². The maximum atomic E-state index is 5.46. The van der Waals surface area contributed by atoms with Crippen LogP contribution in [0.15, 0.2) is 107 Å². The molecule has 0 saturated heterocycles. The molecule has 0 spiro atoms. The zero-order chi connectivity index (χ0) is 41.3. The largest absolute Gasteiger partial charge is 0.497 e. The normalized spacial score (nSPS) is 11.1. The van der Waals surface area contributed by atoms with Crippen LogP contribution in [0.5, 0.6) is 11.5 Å². The molecule has 12 nitrogen and oxygen atoms in total. The molecule has 296 valence electrons. The molecule has 6 aromatic heterocycles. The van der Waals surface area contributed by atoms with E-state index >= 15 is 0 Å². The van der Waals surface area contributed by atoms with E-state index in [0.29, 0.717) is 18.0 Å². The van der Waals surface area contributed by atoms with Crippen LogP contribution < -0.4 is 9.47 Å². The Morgan fingerprint density at radius 3 is 1.66 bits per heavy atom. The Balaban J connectivity index is 0.000000221. The molecule has 0 amide bonds. The first-order valence-electron chi connectivity index (χ1n) is 18.8. The molecule has 0 fully saturated rings. The number of oxime groups is 2. The zero-order valence-corrected chi connectivity index (χ0v) is 34.3. The molecule has 0 atom stereocenters. The summed E-state index contributed by atoms with van der Waals surface area (Å²) in [6.07, 6.45) is 1.62. The lowest BCUT2D eigenvalue weighted by atomic mass is 10.1. The molecule has 0 aliphatic heterocycles.